The largest absolute Gasteiger partial charge is 0.452 e. The van der Waals surface area contributed by atoms with E-state index in [4.69, 9.17) is 4.74 Å². The number of amides is 4. The summed E-state index contributed by atoms with van der Waals surface area (Å²) in [7, 11) is 0. The van der Waals surface area contributed by atoms with E-state index in [1.54, 1.807) is 41.9 Å². The molecule has 0 saturated carbocycles. The Bertz CT molecular complexity index is 1470. The summed E-state index contributed by atoms with van der Waals surface area (Å²) in [5.41, 5.74) is 2.77. The molecule has 0 aliphatic carbocycles. The van der Waals surface area contributed by atoms with Crippen molar-refractivity contribution in [3.63, 3.8) is 0 Å². The first kappa shape index (κ1) is 23.9. The second-order valence-electron chi connectivity index (χ2n) is 8.32. The van der Waals surface area contributed by atoms with Crippen LogP contribution in [0.5, 0.6) is 0 Å². The van der Waals surface area contributed by atoms with E-state index in [2.05, 4.69) is 15.8 Å². The van der Waals surface area contributed by atoms with E-state index < -0.39 is 36.0 Å². The molecule has 0 bridgehead atoms. The Morgan fingerprint density at radius 3 is 2.41 bits per heavy atom. The maximum atomic E-state index is 13.0. The number of carbonyl (C=O) groups excluding carboxylic acids is 4. The first-order chi connectivity index (χ1) is 17.9. The minimum absolute atomic E-state index is 0.172. The topological polar surface area (TPSA) is 123 Å². The van der Waals surface area contributed by atoms with Crippen LogP contribution < -0.4 is 10.7 Å². The maximum absolute atomic E-state index is 13.0. The van der Waals surface area contributed by atoms with Crippen molar-refractivity contribution >= 4 is 35.2 Å². The van der Waals surface area contributed by atoms with Gasteiger partial charge in [-0.15, -0.1) is 11.3 Å². The van der Waals surface area contributed by atoms with Gasteiger partial charge in [-0.3, -0.25) is 15.0 Å². The number of rotatable bonds is 7. The number of esters is 1. The van der Waals surface area contributed by atoms with E-state index in [-0.39, 0.29) is 5.56 Å². The van der Waals surface area contributed by atoms with Crippen molar-refractivity contribution in [3.05, 3.63) is 95.5 Å². The lowest BCUT2D eigenvalue weighted by Gasteiger charge is -2.22. The van der Waals surface area contributed by atoms with E-state index in [1.165, 1.54) is 17.5 Å². The van der Waals surface area contributed by atoms with Gasteiger partial charge in [0, 0.05) is 6.20 Å². The van der Waals surface area contributed by atoms with Gasteiger partial charge in [-0.05, 0) is 36.1 Å². The standard InChI is InChI=1S/C26H21N5O5S/c1-26(17-9-4-2-5-10-17)24(34)31(25(35)27-26)28-21(32)16-36-23(33)19-15-30(18-11-6-3-7-12-18)29-22(19)20-13-8-14-37-20/h2-15H,16H2,1H3,(H,27,35)(H,28,32). The second-order valence-corrected chi connectivity index (χ2v) is 9.27. The molecule has 2 aromatic carbocycles. The zero-order valence-electron chi connectivity index (χ0n) is 19.6. The Morgan fingerprint density at radius 1 is 1.03 bits per heavy atom. The molecule has 11 heteroatoms. The molecule has 5 rings (SSSR count). The summed E-state index contributed by atoms with van der Waals surface area (Å²) in [6.45, 7) is 0.837. The molecule has 0 spiro atoms. The molecule has 1 aliphatic rings. The third-order valence-corrected chi connectivity index (χ3v) is 6.70. The van der Waals surface area contributed by atoms with Crippen LogP contribution in [0.1, 0.15) is 22.8 Å². The molecule has 1 saturated heterocycles. The number of ether oxygens (including phenoxy) is 1. The SMILES string of the molecule is CC1(c2ccccc2)NC(=O)N(NC(=O)COC(=O)c2cn(-c3ccccc3)nc2-c2cccs2)C1=O. The van der Waals surface area contributed by atoms with Crippen LogP contribution >= 0.6 is 11.3 Å². The number of para-hydroxylation sites is 1. The van der Waals surface area contributed by atoms with E-state index in [1.807, 2.05) is 47.8 Å². The maximum Gasteiger partial charge on any atom is 0.344 e. The van der Waals surface area contributed by atoms with Crippen LogP contribution in [0.2, 0.25) is 0 Å². The Balaban J connectivity index is 1.28. The van der Waals surface area contributed by atoms with Gasteiger partial charge in [0.15, 0.2) is 6.61 Å². The highest BCUT2D eigenvalue weighted by molar-refractivity contribution is 7.13. The van der Waals surface area contributed by atoms with Crippen LogP contribution in [0.4, 0.5) is 4.79 Å². The lowest BCUT2D eigenvalue weighted by atomic mass is 9.92. The molecule has 2 N–H and O–H groups in total. The lowest BCUT2D eigenvalue weighted by Crippen LogP contribution is -2.49. The summed E-state index contributed by atoms with van der Waals surface area (Å²) in [4.78, 5) is 51.6. The first-order valence-corrected chi connectivity index (χ1v) is 12.1. The Morgan fingerprint density at radius 2 is 1.73 bits per heavy atom. The minimum atomic E-state index is -1.34. The Labute approximate surface area is 215 Å². The van der Waals surface area contributed by atoms with Crippen molar-refractivity contribution in [2.24, 2.45) is 0 Å². The number of thiophene rings is 1. The molecule has 3 heterocycles. The van der Waals surface area contributed by atoms with E-state index in [0.29, 0.717) is 16.3 Å². The number of imide groups is 1. The van der Waals surface area contributed by atoms with Crippen LogP contribution in [0.15, 0.2) is 84.4 Å². The third kappa shape index (κ3) is 4.59. The zero-order valence-corrected chi connectivity index (χ0v) is 20.4. The second kappa shape index (κ2) is 9.70. The number of urea groups is 1. The summed E-state index contributed by atoms with van der Waals surface area (Å²) in [5.74, 6) is -2.28. The van der Waals surface area contributed by atoms with Crippen LogP contribution in [0.3, 0.4) is 0 Å². The number of nitrogens with one attached hydrogen (secondary N) is 2. The average Bonchev–Trinajstić information content (AvgIpc) is 3.65. The average molecular weight is 516 g/mol. The molecule has 4 amide bonds. The highest BCUT2D eigenvalue weighted by atomic mass is 32.1. The number of benzene rings is 2. The predicted octanol–water partition coefficient (Wildman–Crippen LogP) is 3.26. The number of hydrogen-bond acceptors (Lipinski definition) is 7. The predicted molar refractivity (Wildman–Crippen MR) is 134 cm³/mol. The molecule has 4 aromatic rings. The number of carbonyl (C=O) groups is 4. The molecule has 1 unspecified atom stereocenters. The van der Waals surface area contributed by atoms with Gasteiger partial charge in [-0.1, -0.05) is 54.6 Å². The number of nitrogens with zero attached hydrogens (tertiary/aromatic N) is 3. The molecule has 1 aliphatic heterocycles. The highest BCUT2D eigenvalue weighted by Gasteiger charge is 2.50. The summed E-state index contributed by atoms with van der Waals surface area (Å²) < 4.78 is 6.78. The first-order valence-electron chi connectivity index (χ1n) is 11.2. The van der Waals surface area contributed by atoms with Gasteiger partial charge in [0.05, 0.1) is 10.6 Å². The molecular formula is C26H21N5O5S. The van der Waals surface area contributed by atoms with E-state index in [0.717, 1.165) is 10.6 Å². The number of hydrogen-bond donors (Lipinski definition) is 2. The summed E-state index contributed by atoms with van der Waals surface area (Å²) in [5, 5.41) is 9.58. The molecular weight excluding hydrogens is 494 g/mol. The van der Waals surface area contributed by atoms with Gasteiger partial charge in [-0.2, -0.15) is 10.1 Å². The number of aromatic nitrogens is 2. The van der Waals surface area contributed by atoms with Crippen molar-refractivity contribution in [2.45, 2.75) is 12.5 Å². The van der Waals surface area contributed by atoms with Crippen molar-refractivity contribution in [1.82, 2.24) is 25.5 Å². The van der Waals surface area contributed by atoms with Crippen molar-refractivity contribution in [2.75, 3.05) is 6.61 Å². The molecule has 10 nitrogen and oxygen atoms in total. The van der Waals surface area contributed by atoms with Crippen molar-refractivity contribution in [3.8, 4) is 16.3 Å². The summed E-state index contributed by atoms with van der Waals surface area (Å²) in [6, 6.07) is 20.8. The fourth-order valence-electron chi connectivity index (χ4n) is 3.91. The molecule has 0 radical (unpaired) electrons. The normalized spacial score (nSPS) is 16.9. The molecule has 1 fully saturated rings. The van der Waals surface area contributed by atoms with Crippen molar-refractivity contribution < 1.29 is 23.9 Å². The molecule has 2 aromatic heterocycles. The van der Waals surface area contributed by atoms with E-state index in [9.17, 15) is 19.2 Å². The zero-order chi connectivity index (χ0) is 26.0. The van der Waals surface area contributed by atoms with Gasteiger partial charge < -0.3 is 10.1 Å². The Hall–Kier alpha value is -4.77. The lowest BCUT2D eigenvalue weighted by molar-refractivity contribution is -0.140. The van der Waals surface area contributed by atoms with Crippen LogP contribution in [0, 0.1) is 0 Å². The molecule has 1 atom stereocenters. The van der Waals surface area contributed by atoms with Gasteiger partial charge in [0.25, 0.3) is 11.8 Å². The van der Waals surface area contributed by atoms with Crippen molar-refractivity contribution in [1.29, 1.82) is 0 Å². The fraction of sp³-hybridized carbons (Fsp3) is 0.115. The minimum Gasteiger partial charge on any atom is -0.452 e. The van der Waals surface area contributed by atoms with E-state index >= 15 is 0 Å². The van der Waals surface area contributed by atoms with Gasteiger partial charge >= 0.3 is 12.0 Å². The Kier molecular flexibility index (Phi) is 6.28. The summed E-state index contributed by atoms with van der Waals surface area (Å²) in [6.07, 6.45) is 1.54. The van der Waals surface area contributed by atoms with Gasteiger partial charge in [0.1, 0.15) is 16.8 Å². The molecule has 37 heavy (non-hydrogen) atoms. The summed E-state index contributed by atoms with van der Waals surface area (Å²) >= 11 is 1.41. The van der Waals surface area contributed by atoms with Crippen LogP contribution in [0.25, 0.3) is 16.3 Å². The monoisotopic (exact) mass is 515 g/mol. The van der Waals surface area contributed by atoms with Crippen LogP contribution in [-0.4, -0.2) is 45.2 Å². The third-order valence-electron chi connectivity index (χ3n) is 5.82. The van der Waals surface area contributed by atoms with Gasteiger partial charge in [0.2, 0.25) is 0 Å². The van der Waals surface area contributed by atoms with Gasteiger partial charge in [-0.25, -0.2) is 14.3 Å². The van der Waals surface area contributed by atoms with Crippen LogP contribution in [-0.2, 0) is 19.9 Å². The fourth-order valence-corrected chi connectivity index (χ4v) is 4.63. The smallest absolute Gasteiger partial charge is 0.344 e. The molecule has 186 valence electrons. The highest BCUT2D eigenvalue weighted by Crippen LogP contribution is 2.29. The number of hydrazine groups is 1. The quantitative estimate of drug-likeness (QED) is 0.288.